The molecule has 1 N–H and O–H groups in total. The van der Waals surface area contributed by atoms with Crippen LogP contribution in [0, 0.1) is 0 Å². The van der Waals surface area contributed by atoms with E-state index >= 15 is 0 Å². The van der Waals surface area contributed by atoms with Gasteiger partial charge < -0.3 is 5.32 Å². The zero-order valence-electron chi connectivity index (χ0n) is 12.0. The molecule has 7 heteroatoms. The van der Waals surface area contributed by atoms with E-state index in [1.54, 1.807) is 37.3 Å². The molecule has 23 heavy (non-hydrogen) atoms. The van der Waals surface area contributed by atoms with E-state index in [4.69, 9.17) is 11.6 Å². The molecule has 2 aromatic rings. The van der Waals surface area contributed by atoms with Crippen molar-refractivity contribution in [3.05, 3.63) is 59.1 Å². The maximum Gasteiger partial charge on any atom is 0.416 e. The largest absolute Gasteiger partial charge is 0.416 e. The van der Waals surface area contributed by atoms with Crippen LogP contribution in [0.25, 0.3) is 0 Å². The number of hydrogen-bond acceptors (Lipinski definition) is 2. The van der Waals surface area contributed by atoms with Gasteiger partial charge in [-0.25, -0.2) is 0 Å². The van der Waals surface area contributed by atoms with Gasteiger partial charge in [0, 0.05) is 15.6 Å². The average Bonchev–Trinajstić information content (AvgIpc) is 2.46. The summed E-state index contributed by atoms with van der Waals surface area (Å²) in [6.07, 6.45) is -4.40. The van der Waals surface area contributed by atoms with Crippen LogP contribution < -0.4 is 5.32 Å². The van der Waals surface area contributed by atoms with Gasteiger partial charge in [-0.05, 0) is 43.3 Å². The highest BCUT2D eigenvalue weighted by molar-refractivity contribution is 8.00. The Labute approximate surface area is 141 Å². The summed E-state index contributed by atoms with van der Waals surface area (Å²) in [5.74, 6) is -0.310. The van der Waals surface area contributed by atoms with Crippen molar-refractivity contribution in [3.8, 4) is 0 Å². The number of nitrogens with one attached hydrogen (secondary N) is 1. The Morgan fingerprint density at radius 2 is 1.87 bits per heavy atom. The Morgan fingerprint density at radius 3 is 2.52 bits per heavy atom. The summed E-state index contributed by atoms with van der Waals surface area (Å²) >= 11 is 6.90. The fourth-order valence-electron chi connectivity index (χ4n) is 1.81. The topological polar surface area (TPSA) is 29.1 Å². The SMILES string of the molecule is C[C@@H](Sc1cccc(C(F)(F)F)c1)C(=O)Nc1cccc(Cl)c1. The van der Waals surface area contributed by atoms with Gasteiger partial charge in [0.1, 0.15) is 0 Å². The molecule has 0 aliphatic carbocycles. The van der Waals surface area contributed by atoms with Crippen LogP contribution >= 0.6 is 23.4 Å². The third-order valence-corrected chi connectivity index (χ3v) is 4.26. The van der Waals surface area contributed by atoms with Gasteiger partial charge in [-0.2, -0.15) is 13.2 Å². The number of carbonyl (C=O) groups excluding carboxylic acids is 1. The number of anilines is 1. The highest BCUT2D eigenvalue weighted by Crippen LogP contribution is 2.33. The van der Waals surface area contributed by atoms with Crippen LogP contribution in [0.2, 0.25) is 5.02 Å². The Hall–Kier alpha value is -1.66. The number of benzene rings is 2. The predicted molar refractivity (Wildman–Crippen MR) is 86.8 cm³/mol. The molecule has 0 fully saturated rings. The first-order valence-corrected chi connectivity index (χ1v) is 7.92. The van der Waals surface area contributed by atoms with Crippen molar-refractivity contribution in [1.29, 1.82) is 0 Å². The molecule has 0 aliphatic rings. The van der Waals surface area contributed by atoms with Crippen molar-refractivity contribution in [2.75, 3.05) is 5.32 Å². The fourth-order valence-corrected chi connectivity index (χ4v) is 2.93. The van der Waals surface area contributed by atoms with Gasteiger partial charge >= 0.3 is 6.18 Å². The van der Waals surface area contributed by atoms with Gasteiger partial charge in [-0.1, -0.05) is 23.7 Å². The van der Waals surface area contributed by atoms with Crippen LogP contribution in [0.3, 0.4) is 0 Å². The number of thioether (sulfide) groups is 1. The van der Waals surface area contributed by atoms with Crippen LogP contribution in [0.15, 0.2) is 53.4 Å². The van der Waals surface area contributed by atoms with Crippen molar-refractivity contribution < 1.29 is 18.0 Å². The van der Waals surface area contributed by atoms with Gasteiger partial charge in [0.15, 0.2) is 0 Å². The maximum atomic E-state index is 12.7. The van der Waals surface area contributed by atoms with Crippen molar-refractivity contribution in [3.63, 3.8) is 0 Å². The molecule has 1 amide bonds. The van der Waals surface area contributed by atoms with E-state index in [1.807, 2.05) is 0 Å². The highest BCUT2D eigenvalue weighted by atomic mass is 35.5. The Bertz CT molecular complexity index is 706. The second kappa shape index (κ2) is 7.27. The molecule has 2 nitrogen and oxygen atoms in total. The lowest BCUT2D eigenvalue weighted by molar-refractivity contribution is -0.137. The smallest absolute Gasteiger partial charge is 0.325 e. The summed E-state index contributed by atoms with van der Waals surface area (Å²) < 4.78 is 38.1. The first kappa shape index (κ1) is 17.7. The van der Waals surface area contributed by atoms with Crippen molar-refractivity contribution in [2.45, 2.75) is 23.2 Å². The van der Waals surface area contributed by atoms with E-state index in [0.29, 0.717) is 15.6 Å². The van der Waals surface area contributed by atoms with Crippen LogP contribution in [0.4, 0.5) is 18.9 Å². The van der Waals surface area contributed by atoms with Crippen LogP contribution in [-0.4, -0.2) is 11.2 Å². The molecule has 0 spiro atoms. The molecule has 1 atom stereocenters. The molecule has 0 bridgehead atoms. The third-order valence-electron chi connectivity index (χ3n) is 2.94. The standard InChI is InChI=1S/C16H13ClF3NOS/c1-10(15(22)21-13-6-3-5-12(17)9-13)23-14-7-2-4-11(8-14)16(18,19)20/h2-10H,1H3,(H,21,22)/t10-/m1/s1. The molecule has 122 valence electrons. The number of halogens is 4. The number of amides is 1. The summed E-state index contributed by atoms with van der Waals surface area (Å²) in [5.41, 5.74) is -0.191. The van der Waals surface area contributed by atoms with E-state index < -0.39 is 17.0 Å². The Balaban J connectivity index is 2.04. The van der Waals surface area contributed by atoms with E-state index in [2.05, 4.69) is 5.32 Å². The van der Waals surface area contributed by atoms with Gasteiger partial charge in [-0.3, -0.25) is 4.79 Å². The molecule has 2 rings (SSSR count). The first-order valence-electron chi connectivity index (χ1n) is 6.66. The quantitative estimate of drug-likeness (QED) is 0.732. The molecule has 0 heterocycles. The van der Waals surface area contributed by atoms with Crippen molar-refractivity contribution >= 4 is 35.0 Å². The second-order valence-corrected chi connectivity index (χ2v) is 6.64. The van der Waals surface area contributed by atoms with E-state index in [9.17, 15) is 18.0 Å². The minimum absolute atomic E-state index is 0.310. The van der Waals surface area contributed by atoms with E-state index in [0.717, 1.165) is 23.9 Å². The summed E-state index contributed by atoms with van der Waals surface area (Å²) in [6, 6.07) is 11.6. The number of alkyl halides is 3. The summed E-state index contributed by atoms with van der Waals surface area (Å²) in [7, 11) is 0. The van der Waals surface area contributed by atoms with Gasteiger partial charge in [0.05, 0.1) is 10.8 Å². The molecule has 0 radical (unpaired) electrons. The molecule has 0 aliphatic heterocycles. The Kier molecular flexibility index (Phi) is 5.59. The minimum Gasteiger partial charge on any atom is -0.325 e. The minimum atomic E-state index is -4.40. The molecule has 0 saturated carbocycles. The first-order chi connectivity index (χ1) is 10.8. The van der Waals surface area contributed by atoms with Gasteiger partial charge in [-0.15, -0.1) is 11.8 Å². The molecule has 0 saturated heterocycles. The van der Waals surface area contributed by atoms with Crippen LogP contribution in [0.5, 0.6) is 0 Å². The number of rotatable bonds is 4. The lowest BCUT2D eigenvalue weighted by atomic mass is 10.2. The lowest BCUT2D eigenvalue weighted by Crippen LogP contribution is -2.22. The predicted octanol–water partition coefficient (Wildman–Crippen LogP) is 5.48. The van der Waals surface area contributed by atoms with Crippen molar-refractivity contribution in [1.82, 2.24) is 0 Å². The maximum absolute atomic E-state index is 12.7. The molecular formula is C16H13ClF3NOS. The summed E-state index contributed by atoms with van der Waals surface area (Å²) in [4.78, 5) is 12.5. The monoisotopic (exact) mass is 359 g/mol. The summed E-state index contributed by atoms with van der Waals surface area (Å²) in [6.45, 7) is 1.63. The van der Waals surface area contributed by atoms with Crippen LogP contribution in [-0.2, 0) is 11.0 Å². The second-order valence-electron chi connectivity index (χ2n) is 4.79. The zero-order chi connectivity index (χ0) is 17.0. The molecule has 0 aromatic heterocycles. The lowest BCUT2D eigenvalue weighted by Gasteiger charge is -2.13. The molecule has 2 aromatic carbocycles. The molecule has 0 unspecified atom stereocenters. The van der Waals surface area contributed by atoms with Crippen LogP contribution in [0.1, 0.15) is 12.5 Å². The fraction of sp³-hybridized carbons (Fsp3) is 0.188. The third kappa shape index (κ3) is 5.18. The number of carbonyl (C=O) groups is 1. The average molecular weight is 360 g/mol. The van der Waals surface area contributed by atoms with Gasteiger partial charge in [0.2, 0.25) is 5.91 Å². The van der Waals surface area contributed by atoms with Crippen molar-refractivity contribution in [2.24, 2.45) is 0 Å². The zero-order valence-corrected chi connectivity index (χ0v) is 13.6. The van der Waals surface area contributed by atoms with Gasteiger partial charge in [0.25, 0.3) is 0 Å². The number of hydrogen-bond donors (Lipinski definition) is 1. The Morgan fingerprint density at radius 1 is 1.17 bits per heavy atom. The molecular weight excluding hydrogens is 347 g/mol. The highest BCUT2D eigenvalue weighted by Gasteiger charge is 2.30. The van der Waals surface area contributed by atoms with E-state index in [1.165, 1.54) is 6.07 Å². The summed E-state index contributed by atoms with van der Waals surface area (Å²) in [5, 5.41) is 2.61. The normalized spacial score (nSPS) is 12.7. The van der Waals surface area contributed by atoms with E-state index in [-0.39, 0.29) is 5.91 Å².